The molecule has 0 radical (unpaired) electrons. The summed E-state index contributed by atoms with van der Waals surface area (Å²) in [6, 6.07) is 4.97. The number of carbonyl (C=O) groups is 1. The Kier molecular flexibility index (Phi) is 4.18. The molecule has 2 N–H and O–H groups in total. The Labute approximate surface area is 110 Å². The number of halogens is 1. The topological polar surface area (TPSA) is 49.3 Å². The van der Waals surface area contributed by atoms with Gasteiger partial charge in [-0.25, -0.2) is 4.79 Å². The number of nitrogens with one attached hydrogen (secondary N) is 1. The minimum Gasteiger partial charge on any atom is -0.478 e. The van der Waals surface area contributed by atoms with Gasteiger partial charge in [0.05, 0.1) is 10.6 Å². The molecule has 1 unspecified atom stereocenters. The van der Waals surface area contributed by atoms with Crippen molar-refractivity contribution in [2.75, 3.05) is 23.4 Å². The molecule has 0 amide bonds. The number of hydrogen-bond donors (Lipinski definition) is 2. The van der Waals surface area contributed by atoms with Gasteiger partial charge in [0.2, 0.25) is 0 Å². The summed E-state index contributed by atoms with van der Waals surface area (Å²) in [5.74, 6) is 2.16. The summed E-state index contributed by atoms with van der Waals surface area (Å²) in [4.78, 5) is 10.8. The van der Waals surface area contributed by atoms with E-state index in [4.69, 9.17) is 16.7 Å². The Balaban J connectivity index is 1.97. The summed E-state index contributed by atoms with van der Waals surface area (Å²) >= 11 is 7.88. The summed E-state index contributed by atoms with van der Waals surface area (Å²) in [6.45, 7) is 0.926. The van der Waals surface area contributed by atoms with Crippen LogP contribution in [0.3, 0.4) is 0 Å². The van der Waals surface area contributed by atoms with E-state index in [1.165, 1.54) is 24.0 Å². The molecule has 3 nitrogen and oxygen atoms in total. The zero-order valence-electron chi connectivity index (χ0n) is 9.28. The molecule has 92 valence electrons. The minimum atomic E-state index is -0.992. The molecule has 5 heteroatoms. The Hall–Kier alpha value is -0.870. The highest BCUT2D eigenvalue weighted by atomic mass is 35.5. The molecule has 1 saturated heterocycles. The van der Waals surface area contributed by atoms with Crippen molar-refractivity contribution in [2.45, 2.75) is 6.42 Å². The van der Waals surface area contributed by atoms with Crippen LogP contribution in [-0.4, -0.2) is 29.1 Å². The van der Waals surface area contributed by atoms with Gasteiger partial charge in [0, 0.05) is 12.2 Å². The average Bonchev–Trinajstić information content (AvgIpc) is 2.78. The Morgan fingerprint density at radius 2 is 2.41 bits per heavy atom. The van der Waals surface area contributed by atoms with Crippen LogP contribution in [0.4, 0.5) is 5.69 Å². The average molecular weight is 272 g/mol. The van der Waals surface area contributed by atoms with Crippen LogP contribution in [0, 0.1) is 5.92 Å². The van der Waals surface area contributed by atoms with E-state index < -0.39 is 5.97 Å². The molecule has 2 rings (SSSR count). The first-order chi connectivity index (χ1) is 8.16. The van der Waals surface area contributed by atoms with Crippen LogP contribution < -0.4 is 5.32 Å². The first-order valence-corrected chi connectivity index (χ1v) is 7.04. The molecule has 17 heavy (non-hydrogen) atoms. The van der Waals surface area contributed by atoms with Crippen LogP contribution in [-0.2, 0) is 0 Å². The van der Waals surface area contributed by atoms with Gasteiger partial charge in [0.1, 0.15) is 0 Å². The number of rotatable bonds is 4. The Bertz CT molecular complexity index is 419. The van der Waals surface area contributed by atoms with Gasteiger partial charge in [-0.3, -0.25) is 0 Å². The number of aromatic carboxylic acids is 1. The van der Waals surface area contributed by atoms with Crippen LogP contribution in [0.25, 0.3) is 0 Å². The molecule has 0 spiro atoms. The number of benzene rings is 1. The van der Waals surface area contributed by atoms with Crippen molar-refractivity contribution in [2.24, 2.45) is 5.92 Å². The molecule has 1 aliphatic rings. The lowest BCUT2D eigenvalue weighted by Gasteiger charge is -2.12. The third-order valence-electron chi connectivity index (χ3n) is 2.82. The van der Waals surface area contributed by atoms with E-state index in [-0.39, 0.29) is 10.6 Å². The predicted molar refractivity (Wildman–Crippen MR) is 72.3 cm³/mol. The van der Waals surface area contributed by atoms with Gasteiger partial charge >= 0.3 is 5.97 Å². The van der Waals surface area contributed by atoms with Crippen LogP contribution >= 0.6 is 23.4 Å². The van der Waals surface area contributed by atoms with Gasteiger partial charge < -0.3 is 10.4 Å². The second-order valence-corrected chi connectivity index (χ2v) is 5.67. The monoisotopic (exact) mass is 271 g/mol. The van der Waals surface area contributed by atoms with Crippen LogP contribution in [0.5, 0.6) is 0 Å². The predicted octanol–water partition coefficient (Wildman–Crippen LogP) is 3.20. The highest BCUT2D eigenvalue weighted by Gasteiger charge is 2.15. The van der Waals surface area contributed by atoms with Gasteiger partial charge in [-0.2, -0.15) is 11.8 Å². The van der Waals surface area contributed by atoms with Crippen molar-refractivity contribution in [1.29, 1.82) is 0 Å². The van der Waals surface area contributed by atoms with Crippen LogP contribution in [0.15, 0.2) is 18.2 Å². The maximum Gasteiger partial charge on any atom is 0.337 e. The molecule has 1 aromatic carbocycles. The van der Waals surface area contributed by atoms with E-state index in [2.05, 4.69) is 5.32 Å². The smallest absolute Gasteiger partial charge is 0.337 e. The van der Waals surface area contributed by atoms with Crippen molar-refractivity contribution in [1.82, 2.24) is 0 Å². The molecule has 0 aliphatic carbocycles. The SMILES string of the molecule is O=C(O)c1ccc(NCC2CCSC2)cc1Cl. The highest BCUT2D eigenvalue weighted by molar-refractivity contribution is 7.99. The number of thioether (sulfide) groups is 1. The first-order valence-electron chi connectivity index (χ1n) is 5.51. The summed E-state index contributed by atoms with van der Waals surface area (Å²) in [6.07, 6.45) is 1.25. The fraction of sp³-hybridized carbons (Fsp3) is 0.417. The molecule has 0 bridgehead atoms. The lowest BCUT2D eigenvalue weighted by molar-refractivity contribution is 0.0697. The van der Waals surface area contributed by atoms with Gasteiger partial charge in [-0.1, -0.05) is 11.6 Å². The zero-order chi connectivity index (χ0) is 12.3. The summed E-state index contributed by atoms with van der Waals surface area (Å²) < 4.78 is 0. The fourth-order valence-electron chi connectivity index (χ4n) is 1.81. The Morgan fingerprint density at radius 3 is 3.00 bits per heavy atom. The zero-order valence-corrected chi connectivity index (χ0v) is 10.9. The summed E-state index contributed by atoms with van der Waals surface area (Å²) in [7, 11) is 0. The summed E-state index contributed by atoms with van der Waals surface area (Å²) in [5, 5.41) is 12.4. The van der Waals surface area contributed by atoms with Gasteiger partial charge in [0.15, 0.2) is 0 Å². The fourth-order valence-corrected chi connectivity index (χ4v) is 3.35. The lowest BCUT2D eigenvalue weighted by Crippen LogP contribution is -2.13. The van der Waals surface area contributed by atoms with Crippen molar-refractivity contribution >= 4 is 35.0 Å². The van der Waals surface area contributed by atoms with Crippen molar-refractivity contribution in [3.63, 3.8) is 0 Å². The minimum absolute atomic E-state index is 0.147. The summed E-state index contributed by atoms with van der Waals surface area (Å²) in [5.41, 5.74) is 1.03. The first kappa shape index (κ1) is 12.6. The van der Waals surface area contributed by atoms with E-state index in [9.17, 15) is 4.79 Å². The molecule has 1 heterocycles. The number of carboxylic acid groups (broad SMARTS) is 1. The van der Waals surface area contributed by atoms with Gasteiger partial charge in [0.25, 0.3) is 0 Å². The second-order valence-electron chi connectivity index (χ2n) is 4.11. The van der Waals surface area contributed by atoms with Crippen molar-refractivity contribution in [3.8, 4) is 0 Å². The van der Waals surface area contributed by atoms with E-state index in [0.29, 0.717) is 5.92 Å². The molecule has 0 aromatic heterocycles. The number of anilines is 1. The number of hydrogen-bond acceptors (Lipinski definition) is 3. The third-order valence-corrected chi connectivity index (χ3v) is 4.36. The second kappa shape index (κ2) is 5.65. The standard InChI is InChI=1S/C12H14ClNO2S/c13-11-5-9(1-2-10(11)12(15)16)14-6-8-3-4-17-7-8/h1-2,5,8,14H,3-4,6-7H2,(H,15,16). The molecular weight excluding hydrogens is 258 g/mol. The normalized spacial score (nSPS) is 19.2. The molecule has 1 atom stereocenters. The van der Waals surface area contributed by atoms with E-state index >= 15 is 0 Å². The Morgan fingerprint density at radius 1 is 1.59 bits per heavy atom. The van der Waals surface area contributed by atoms with E-state index in [0.717, 1.165) is 12.2 Å². The number of carboxylic acids is 1. The molecule has 0 saturated carbocycles. The largest absolute Gasteiger partial charge is 0.478 e. The molecule has 1 fully saturated rings. The van der Waals surface area contributed by atoms with E-state index in [1.54, 1.807) is 12.1 Å². The van der Waals surface area contributed by atoms with Gasteiger partial charge in [-0.15, -0.1) is 0 Å². The van der Waals surface area contributed by atoms with Crippen LogP contribution in [0.2, 0.25) is 5.02 Å². The highest BCUT2D eigenvalue weighted by Crippen LogP contribution is 2.25. The van der Waals surface area contributed by atoms with Crippen molar-refractivity contribution < 1.29 is 9.90 Å². The van der Waals surface area contributed by atoms with Gasteiger partial charge in [-0.05, 0) is 42.0 Å². The molecule has 1 aliphatic heterocycles. The maximum absolute atomic E-state index is 10.8. The molecule has 1 aromatic rings. The third kappa shape index (κ3) is 3.30. The van der Waals surface area contributed by atoms with E-state index in [1.807, 2.05) is 11.8 Å². The maximum atomic E-state index is 10.8. The molecular formula is C12H14ClNO2S. The van der Waals surface area contributed by atoms with Crippen LogP contribution in [0.1, 0.15) is 16.8 Å². The quantitative estimate of drug-likeness (QED) is 0.883. The van der Waals surface area contributed by atoms with Crippen molar-refractivity contribution in [3.05, 3.63) is 28.8 Å². The lowest BCUT2D eigenvalue weighted by atomic mass is 10.1.